The number of nitrogens with two attached hydrogens (primary N) is 1. The van der Waals surface area contributed by atoms with Crippen LogP contribution in [0.4, 0.5) is 10.8 Å². The molecular weight excluding hydrogens is 258 g/mol. The molecule has 2 rings (SSSR count). The Morgan fingerprint density at radius 3 is 2.94 bits per heavy atom. The smallest absolute Gasteiger partial charge is 0.153 e. The molecule has 2 aromatic rings. The van der Waals surface area contributed by atoms with E-state index in [9.17, 15) is 0 Å². The zero-order valence-electron chi connectivity index (χ0n) is 9.11. The van der Waals surface area contributed by atoms with Gasteiger partial charge in [0.25, 0.3) is 0 Å². The largest absolute Gasteiger partial charge is 0.382 e. The van der Waals surface area contributed by atoms with E-state index in [1.165, 1.54) is 21.3 Å². The summed E-state index contributed by atoms with van der Waals surface area (Å²) < 4.78 is 4.14. The molecular formula is C10H13N3S3. The van der Waals surface area contributed by atoms with Crippen LogP contribution in [0.15, 0.2) is 17.0 Å². The molecule has 0 saturated carbocycles. The van der Waals surface area contributed by atoms with Crippen LogP contribution in [0.5, 0.6) is 0 Å². The molecule has 0 atom stereocenters. The predicted molar refractivity (Wildman–Crippen MR) is 74.7 cm³/mol. The summed E-state index contributed by atoms with van der Waals surface area (Å²) in [6.45, 7) is 2.96. The number of rotatable bonds is 4. The number of anilines is 2. The van der Waals surface area contributed by atoms with Gasteiger partial charge < -0.3 is 11.1 Å². The molecule has 6 heteroatoms. The van der Waals surface area contributed by atoms with Gasteiger partial charge in [-0.15, -0.1) is 23.1 Å². The Bertz CT molecular complexity index is 475. The molecule has 0 fully saturated rings. The summed E-state index contributed by atoms with van der Waals surface area (Å²) in [5.74, 6) is 0.627. The maximum absolute atomic E-state index is 5.77. The maximum atomic E-state index is 5.77. The van der Waals surface area contributed by atoms with Crippen molar-refractivity contribution in [1.82, 2.24) is 4.37 Å². The predicted octanol–water partition coefficient (Wildman–Crippen LogP) is 3.43. The number of hydrogen-bond donors (Lipinski definition) is 2. The lowest BCUT2D eigenvalue weighted by molar-refractivity contribution is 1.19. The summed E-state index contributed by atoms with van der Waals surface area (Å²) in [6, 6.07) is 4.29. The molecule has 0 bridgehead atoms. The highest BCUT2D eigenvalue weighted by Gasteiger charge is 2.09. The van der Waals surface area contributed by atoms with Crippen LogP contribution in [0.25, 0.3) is 0 Å². The molecule has 16 heavy (non-hydrogen) atoms. The van der Waals surface area contributed by atoms with Gasteiger partial charge in [-0.3, -0.25) is 0 Å². The summed E-state index contributed by atoms with van der Waals surface area (Å²) in [5.41, 5.74) is 5.77. The molecule has 0 amide bonds. The Balaban J connectivity index is 2.04. The van der Waals surface area contributed by atoms with E-state index < -0.39 is 0 Å². The normalized spacial score (nSPS) is 10.6. The van der Waals surface area contributed by atoms with Crippen molar-refractivity contribution in [1.29, 1.82) is 0 Å². The molecule has 0 aromatic carbocycles. The number of hydrogen-bond acceptors (Lipinski definition) is 6. The number of thiophene rings is 1. The average Bonchev–Trinajstić information content (AvgIpc) is 2.82. The topological polar surface area (TPSA) is 50.9 Å². The highest BCUT2D eigenvalue weighted by Crippen LogP contribution is 2.35. The first-order valence-electron chi connectivity index (χ1n) is 4.79. The summed E-state index contributed by atoms with van der Waals surface area (Å²) in [5, 5.41) is 4.45. The van der Waals surface area contributed by atoms with Crippen molar-refractivity contribution in [3.05, 3.63) is 21.9 Å². The van der Waals surface area contributed by atoms with Crippen molar-refractivity contribution in [3.8, 4) is 0 Å². The van der Waals surface area contributed by atoms with Crippen molar-refractivity contribution >= 4 is 45.5 Å². The SMILES string of the molecule is CSc1c(N)nsc1NCc1ccc(C)s1. The Kier molecular flexibility index (Phi) is 3.73. The first-order valence-corrected chi connectivity index (χ1v) is 7.60. The minimum Gasteiger partial charge on any atom is -0.382 e. The van der Waals surface area contributed by atoms with Gasteiger partial charge in [0.1, 0.15) is 5.00 Å². The van der Waals surface area contributed by atoms with Crippen LogP contribution in [0, 0.1) is 6.92 Å². The zero-order chi connectivity index (χ0) is 11.5. The molecule has 2 aromatic heterocycles. The maximum Gasteiger partial charge on any atom is 0.153 e. The van der Waals surface area contributed by atoms with Crippen molar-refractivity contribution < 1.29 is 0 Å². The van der Waals surface area contributed by atoms with E-state index in [2.05, 4.69) is 28.7 Å². The van der Waals surface area contributed by atoms with E-state index in [0.29, 0.717) is 5.82 Å². The van der Waals surface area contributed by atoms with Gasteiger partial charge in [0, 0.05) is 9.75 Å². The molecule has 2 heterocycles. The van der Waals surface area contributed by atoms with E-state index in [1.54, 1.807) is 11.8 Å². The van der Waals surface area contributed by atoms with Gasteiger partial charge in [-0.25, -0.2) is 0 Å². The number of nitrogen functional groups attached to an aromatic ring is 1. The first kappa shape index (κ1) is 11.8. The molecule has 0 aliphatic rings. The van der Waals surface area contributed by atoms with Crippen LogP contribution < -0.4 is 11.1 Å². The van der Waals surface area contributed by atoms with Gasteiger partial charge >= 0.3 is 0 Å². The summed E-state index contributed by atoms with van der Waals surface area (Å²) in [6.07, 6.45) is 2.01. The van der Waals surface area contributed by atoms with Crippen LogP contribution >= 0.6 is 34.6 Å². The number of nitrogens with one attached hydrogen (secondary N) is 1. The van der Waals surface area contributed by atoms with E-state index in [-0.39, 0.29) is 0 Å². The third kappa shape index (κ3) is 2.50. The molecule has 0 spiro atoms. The summed E-state index contributed by atoms with van der Waals surface area (Å²) >= 11 is 4.87. The minimum atomic E-state index is 0.627. The van der Waals surface area contributed by atoms with Crippen LogP contribution in [0.1, 0.15) is 9.75 Å². The van der Waals surface area contributed by atoms with Crippen molar-refractivity contribution in [2.45, 2.75) is 18.4 Å². The van der Waals surface area contributed by atoms with Crippen molar-refractivity contribution in [3.63, 3.8) is 0 Å². The molecule has 0 radical (unpaired) electrons. The Morgan fingerprint density at radius 2 is 2.31 bits per heavy atom. The van der Waals surface area contributed by atoms with Crippen LogP contribution in [-0.4, -0.2) is 10.6 Å². The summed E-state index contributed by atoms with van der Waals surface area (Å²) in [7, 11) is 0. The first-order chi connectivity index (χ1) is 7.70. The van der Waals surface area contributed by atoms with Crippen molar-refractivity contribution in [2.75, 3.05) is 17.3 Å². The lowest BCUT2D eigenvalue weighted by atomic mass is 10.4. The summed E-state index contributed by atoms with van der Waals surface area (Å²) in [4.78, 5) is 3.72. The fourth-order valence-corrected chi connectivity index (χ4v) is 3.72. The molecule has 3 N–H and O–H groups in total. The number of nitrogens with zero attached hydrogens (tertiary/aromatic N) is 1. The van der Waals surface area contributed by atoms with E-state index in [4.69, 9.17) is 5.73 Å². The quantitative estimate of drug-likeness (QED) is 0.837. The van der Waals surface area contributed by atoms with Gasteiger partial charge in [0.2, 0.25) is 0 Å². The van der Waals surface area contributed by atoms with Gasteiger partial charge in [-0.05, 0) is 36.8 Å². The standard InChI is InChI=1S/C10H13N3S3/c1-6-3-4-7(15-6)5-12-10-8(14-2)9(11)13-16-10/h3-4,12H,5H2,1-2H3,(H2,11,13). The molecule has 0 aliphatic heterocycles. The third-order valence-corrected chi connectivity index (χ3v) is 4.87. The fraction of sp³-hybridized carbons (Fsp3) is 0.300. The molecule has 3 nitrogen and oxygen atoms in total. The Hall–Kier alpha value is -0.720. The second kappa shape index (κ2) is 5.07. The average molecular weight is 271 g/mol. The Labute approximate surface area is 107 Å². The Morgan fingerprint density at radius 1 is 1.50 bits per heavy atom. The van der Waals surface area contributed by atoms with Crippen LogP contribution in [0.3, 0.4) is 0 Å². The number of aryl methyl sites for hydroxylation is 1. The van der Waals surface area contributed by atoms with E-state index in [0.717, 1.165) is 16.4 Å². The molecule has 0 saturated heterocycles. The van der Waals surface area contributed by atoms with Gasteiger partial charge in [-0.2, -0.15) is 4.37 Å². The van der Waals surface area contributed by atoms with Crippen molar-refractivity contribution in [2.24, 2.45) is 0 Å². The fourth-order valence-electron chi connectivity index (χ4n) is 1.35. The lowest BCUT2D eigenvalue weighted by Gasteiger charge is -2.03. The second-order valence-corrected chi connectivity index (χ2v) is 6.26. The van der Waals surface area contributed by atoms with Crippen LogP contribution in [0.2, 0.25) is 0 Å². The van der Waals surface area contributed by atoms with Crippen LogP contribution in [-0.2, 0) is 6.54 Å². The minimum absolute atomic E-state index is 0.627. The van der Waals surface area contributed by atoms with E-state index >= 15 is 0 Å². The lowest BCUT2D eigenvalue weighted by Crippen LogP contribution is -1.96. The second-order valence-electron chi connectivity index (χ2n) is 3.30. The number of thioether (sulfide) groups is 1. The molecule has 0 unspecified atom stereocenters. The monoisotopic (exact) mass is 271 g/mol. The van der Waals surface area contributed by atoms with E-state index in [1.807, 2.05) is 17.6 Å². The van der Waals surface area contributed by atoms with Gasteiger partial charge in [0.05, 0.1) is 11.4 Å². The molecule has 0 aliphatic carbocycles. The zero-order valence-corrected chi connectivity index (χ0v) is 11.6. The number of aromatic nitrogens is 1. The molecule has 86 valence electrons. The van der Waals surface area contributed by atoms with Gasteiger partial charge in [-0.1, -0.05) is 0 Å². The highest BCUT2D eigenvalue weighted by atomic mass is 32.2. The third-order valence-electron chi connectivity index (χ3n) is 2.10. The highest BCUT2D eigenvalue weighted by molar-refractivity contribution is 7.99. The van der Waals surface area contributed by atoms with Gasteiger partial charge in [0.15, 0.2) is 5.82 Å².